The number of aryl methyl sites for hydroxylation is 5. The Morgan fingerprint density at radius 3 is 2.50 bits per heavy atom. The lowest BCUT2D eigenvalue weighted by Crippen LogP contribution is -2.30. The first kappa shape index (κ1) is 11.5. The highest BCUT2D eigenvalue weighted by Gasteiger charge is 2.18. The molecule has 1 aliphatic carbocycles. The van der Waals surface area contributed by atoms with Crippen LogP contribution in [0.5, 0.6) is 0 Å². The van der Waals surface area contributed by atoms with E-state index in [0.717, 1.165) is 0 Å². The quantitative estimate of drug-likeness (QED) is 0.671. The van der Waals surface area contributed by atoms with Gasteiger partial charge in [0.25, 0.3) is 0 Å². The second-order valence-corrected chi connectivity index (χ2v) is 5.49. The van der Waals surface area contributed by atoms with Gasteiger partial charge < -0.3 is 0 Å². The van der Waals surface area contributed by atoms with Gasteiger partial charge in [-0.1, -0.05) is 6.07 Å². The van der Waals surface area contributed by atoms with Crippen molar-refractivity contribution >= 4 is 0 Å². The van der Waals surface area contributed by atoms with E-state index in [1.165, 1.54) is 41.6 Å². The summed E-state index contributed by atoms with van der Waals surface area (Å²) in [6.45, 7) is 4.39. The molecule has 1 heteroatoms. The average molecular weight is 238 g/mol. The molecule has 0 bridgehead atoms. The standard InChI is InChI=1S/C17H20N/c1-12-7-8-18(3)17(9-12)16-11-15-6-4-5-14(15)10-13(16)2/h7-11H,4-6H2,1-3H3/q+1. The zero-order valence-corrected chi connectivity index (χ0v) is 11.5. The zero-order chi connectivity index (χ0) is 12.7. The van der Waals surface area contributed by atoms with Crippen molar-refractivity contribution in [1.29, 1.82) is 0 Å². The first-order valence-electron chi connectivity index (χ1n) is 6.74. The Morgan fingerprint density at radius 1 is 1.00 bits per heavy atom. The molecule has 0 amide bonds. The highest BCUT2D eigenvalue weighted by atomic mass is 14.9. The molecular weight excluding hydrogens is 218 g/mol. The zero-order valence-electron chi connectivity index (χ0n) is 11.5. The smallest absolute Gasteiger partial charge is 0.201 e. The van der Waals surface area contributed by atoms with Crippen LogP contribution in [0.15, 0.2) is 30.5 Å². The molecule has 0 aliphatic heterocycles. The maximum absolute atomic E-state index is 2.41. The topological polar surface area (TPSA) is 3.88 Å². The number of pyridine rings is 1. The van der Waals surface area contributed by atoms with Crippen LogP contribution in [0.25, 0.3) is 11.3 Å². The van der Waals surface area contributed by atoms with Crippen LogP contribution in [-0.4, -0.2) is 0 Å². The van der Waals surface area contributed by atoms with Crippen LogP contribution >= 0.6 is 0 Å². The predicted octanol–water partition coefficient (Wildman–Crippen LogP) is 3.28. The first-order valence-corrected chi connectivity index (χ1v) is 6.74. The summed E-state index contributed by atoms with van der Waals surface area (Å²) in [6, 6.07) is 9.24. The lowest BCUT2D eigenvalue weighted by Gasteiger charge is -2.08. The fourth-order valence-electron chi connectivity index (χ4n) is 2.97. The van der Waals surface area contributed by atoms with Gasteiger partial charge in [0.2, 0.25) is 5.69 Å². The Balaban J connectivity index is 2.20. The molecule has 92 valence electrons. The van der Waals surface area contributed by atoms with Gasteiger partial charge in [0, 0.05) is 17.7 Å². The Morgan fingerprint density at radius 2 is 1.72 bits per heavy atom. The summed E-state index contributed by atoms with van der Waals surface area (Å²) in [5.41, 5.74) is 8.55. The summed E-state index contributed by atoms with van der Waals surface area (Å²) < 4.78 is 2.22. The van der Waals surface area contributed by atoms with Crippen LogP contribution in [0.2, 0.25) is 0 Å². The summed E-state index contributed by atoms with van der Waals surface area (Å²) in [4.78, 5) is 0. The second-order valence-electron chi connectivity index (χ2n) is 5.49. The highest BCUT2D eigenvalue weighted by Crippen LogP contribution is 2.30. The number of nitrogens with zero attached hydrogens (tertiary/aromatic N) is 1. The minimum atomic E-state index is 1.25. The fourth-order valence-corrected chi connectivity index (χ4v) is 2.97. The summed E-state index contributed by atoms with van der Waals surface area (Å²) in [6.07, 6.45) is 5.98. The van der Waals surface area contributed by atoms with Gasteiger partial charge in [0.05, 0.1) is 0 Å². The Labute approximate surface area is 109 Å². The van der Waals surface area contributed by atoms with Crippen molar-refractivity contribution < 1.29 is 4.57 Å². The van der Waals surface area contributed by atoms with Crippen LogP contribution in [0.1, 0.15) is 28.7 Å². The summed E-state index contributed by atoms with van der Waals surface area (Å²) >= 11 is 0. The van der Waals surface area contributed by atoms with Gasteiger partial charge in [-0.3, -0.25) is 0 Å². The molecule has 1 nitrogen and oxygen atoms in total. The molecule has 3 rings (SSSR count). The van der Waals surface area contributed by atoms with E-state index in [4.69, 9.17) is 0 Å². The molecule has 1 heterocycles. The Bertz CT molecular complexity index is 611. The van der Waals surface area contributed by atoms with Gasteiger partial charge in [-0.05, 0) is 61.4 Å². The van der Waals surface area contributed by atoms with Crippen LogP contribution in [0.4, 0.5) is 0 Å². The van der Waals surface area contributed by atoms with Crippen molar-refractivity contribution in [3.8, 4) is 11.3 Å². The molecule has 2 aromatic rings. The number of fused-ring (bicyclic) bond motifs is 1. The predicted molar refractivity (Wildman–Crippen MR) is 74.6 cm³/mol. The normalized spacial score (nSPS) is 13.7. The molecule has 1 aromatic heterocycles. The van der Waals surface area contributed by atoms with E-state index in [2.05, 4.69) is 55.9 Å². The third-order valence-electron chi connectivity index (χ3n) is 4.02. The Kier molecular flexibility index (Phi) is 2.70. The van der Waals surface area contributed by atoms with E-state index < -0.39 is 0 Å². The number of benzene rings is 1. The second kappa shape index (κ2) is 4.24. The lowest BCUT2D eigenvalue weighted by atomic mass is 9.97. The van der Waals surface area contributed by atoms with Crippen molar-refractivity contribution in [1.82, 2.24) is 0 Å². The van der Waals surface area contributed by atoms with E-state index in [9.17, 15) is 0 Å². The minimum absolute atomic E-state index is 1.25. The van der Waals surface area contributed by atoms with Gasteiger partial charge in [-0.25, -0.2) is 4.57 Å². The number of rotatable bonds is 1. The molecule has 0 saturated carbocycles. The van der Waals surface area contributed by atoms with Gasteiger partial charge in [-0.2, -0.15) is 0 Å². The van der Waals surface area contributed by atoms with Gasteiger partial charge in [-0.15, -0.1) is 0 Å². The van der Waals surface area contributed by atoms with Gasteiger partial charge in [0.1, 0.15) is 7.05 Å². The average Bonchev–Trinajstić information content (AvgIpc) is 2.78. The monoisotopic (exact) mass is 238 g/mol. The van der Waals surface area contributed by atoms with Crippen molar-refractivity contribution in [3.63, 3.8) is 0 Å². The van der Waals surface area contributed by atoms with E-state index in [1.807, 2.05) is 0 Å². The molecule has 1 aromatic carbocycles. The van der Waals surface area contributed by atoms with E-state index in [-0.39, 0.29) is 0 Å². The highest BCUT2D eigenvalue weighted by molar-refractivity contribution is 5.64. The van der Waals surface area contributed by atoms with Crippen LogP contribution in [-0.2, 0) is 19.9 Å². The molecule has 18 heavy (non-hydrogen) atoms. The maximum atomic E-state index is 2.41. The summed E-state index contributed by atoms with van der Waals surface area (Å²) in [5, 5.41) is 0. The van der Waals surface area contributed by atoms with Gasteiger partial charge in [0.15, 0.2) is 6.20 Å². The number of hydrogen-bond donors (Lipinski definition) is 0. The van der Waals surface area contributed by atoms with Gasteiger partial charge >= 0.3 is 0 Å². The molecule has 0 fully saturated rings. The largest absolute Gasteiger partial charge is 0.212 e. The third-order valence-corrected chi connectivity index (χ3v) is 4.02. The molecular formula is C17H20N+. The van der Waals surface area contributed by atoms with Crippen LogP contribution < -0.4 is 4.57 Å². The van der Waals surface area contributed by atoms with Crippen LogP contribution in [0, 0.1) is 13.8 Å². The number of hydrogen-bond acceptors (Lipinski definition) is 0. The molecule has 1 aliphatic rings. The van der Waals surface area contributed by atoms with Crippen molar-refractivity contribution in [2.45, 2.75) is 33.1 Å². The van der Waals surface area contributed by atoms with Crippen LogP contribution in [0.3, 0.4) is 0 Å². The molecule has 0 saturated heterocycles. The van der Waals surface area contributed by atoms with E-state index in [1.54, 1.807) is 11.1 Å². The SMILES string of the molecule is Cc1cc[n+](C)c(-c2cc3c(cc2C)CCC3)c1. The maximum Gasteiger partial charge on any atom is 0.212 e. The molecule has 0 unspecified atom stereocenters. The van der Waals surface area contributed by atoms with Crippen molar-refractivity contribution in [3.05, 3.63) is 52.7 Å². The molecule has 0 atom stereocenters. The van der Waals surface area contributed by atoms with E-state index in [0.29, 0.717) is 0 Å². The third kappa shape index (κ3) is 1.84. The Hall–Kier alpha value is -1.63. The van der Waals surface area contributed by atoms with E-state index >= 15 is 0 Å². The van der Waals surface area contributed by atoms with Crippen molar-refractivity contribution in [2.24, 2.45) is 7.05 Å². The molecule has 0 radical (unpaired) electrons. The summed E-state index contributed by atoms with van der Waals surface area (Å²) in [5.74, 6) is 0. The first-order chi connectivity index (χ1) is 8.65. The summed E-state index contributed by atoms with van der Waals surface area (Å²) in [7, 11) is 2.13. The number of aromatic nitrogens is 1. The lowest BCUT2D eigenvalue weighted by molar-refractivity contribution is -0.660. The molecule has 0 spiro atoms. The minimum Gasteiger partial charge on any atom is -0.201 e. The van der Waals surface area contributed by atoms with Crippen molar-refractivity contribution in [2.75, 3.05) is 0 Å². The molecule has 0 N–H and O–H groups in total. The fraction of sp³-hybridized carbons (Fsp3) is 0.353.